The molecule has 2 N–H and O–H groups in total. The first-order chi connectivity index (χ1) is 9.41. The first kappa shape index (κ1) is 16.1. The number of carboxylic acids is 1. The van der Waals surface area contributed by atoms with Gasteiger partial charge in [-0.2, -0.15) is 0 Å². The van der Waals surface area contributed by atoms with Gasteiger partial charge >= 0.3 is 11.9 Å². The van der Waals surface area contributed by atoms with Gasteiger partial charge in [-0.25, -0.2) is 9.59 Å². The molecule has 0 saturated heterocycles. The number of aromatic carboxylic acids is 1. The van der Waals surface area contributed by atoms with Crippen LogP contribution in [0.25, 0.3) is 0 Å². The Morgan fingerprint density at radius 2 is 1.75 bits per heavy atom. The third-order valence-corrected chi connectivity index (χ3v) is 2.45. The monoisotopic (exact) mass is 282 g/mol. The number of carboxylic acid groups (broad SMARTS) is 1. The van der Waals surface area contributed by atoms with Crippen molar-refractivity contribution in [1.82, 2.24) is 0 Å². The summed E-state index contributed by atoms with van der Waals surface area (Å²) in [6.45, 7) is 3.41. The Kier molecular flexibility index (Phi) is 6.14. The molecular formula is C14H18O6. The van der Waals surface area contributed by atoms with Crippen LogP contribution in [0.2, 0.25) is 0 Å². The number of aliphatic hydroxyl groups excluding tert-OH is 1. The number of aliphatic hydroxyl groups is 1. The molecule has 0 radical (unpaired) electrons. The number of carbonyl (C=O) groups is 2. The van der Waals surface area contributed by atoms with Gasteiger partial charge in [0, 0.05) is 0 Å². The standard InChI is InChI=1S/C14H18O6/c1-9(15)7-19-10(2)8-20-14(18)12-6-4-3-5-11(12)13(16)17/h3-6,9-10,15H,7-8H2,1-2H3,(H,16,17). The normalized spacial score (nSPS) is 13.6. The number of ether oxygens (including phenoxy) is 2. The zero-order valence-electron chi connectivity index (χ0n) is 11.4. The lowest BCUT2D eigenvalue weighted by atomic mass is 10.1. The fourth-order valence-corrected chi connectivity index (χ4v) is 1.47. The van der Waals surface area contributed by atoms with Crippen LogP contribution in [0, 0.1) is 0 Å². The van der Waals surface area contributed by atoms with Crippen LogP contribution in [-0.4, -0.2) is 47.6 Å². The highest BCUT2D eigenvalue weighted by atomic mass is 16.6. The molecule has 20 heavy (non-hydrogen) atoms. The van der Waals surface area contributed by atoms with Crippen LogP contribution in [-0.2, 0) is 9.47 Å². The molecule has 2 atom stereocenters. The topological polar surface area (TPSA) is 93.1 Å². The fraction of sp³-hybridized carbons (Fsp3) is 0.429. The number of hydrogen-bond donors (Lipinski definition) is 2. The lowest BCUT2D eigenvalue weighted by molar-refractivity contribution is -0.0279. The minimum absolute atomic E-state index is 0.00252. The van der Waals surface area contributed by atoms with Crippen molar-refractivity contribution >= 4 is 11.9 Å². The van der Waals surface area contributed by atoms with E-state index in [9.17, 15) is 9.59 Å². The maximum atomic E-state index is 11.8. The largest absolute Gasteiger partial charge is 0.478 e. The molecule has 0 bridgehead atoms. The highest BCUT2D eigenvalue weighted by molar-refractivity contribution is 6.02. The number of hydrogen-bond acceptors (Lipinski definition) is 5. The maximum Gasteiger partial charge on any atom is 0.339 e. The van der Waals surface area contributed by atoms with E-state index in [1.165, 1.54) is 18.2 Å². The minimum atomic E-state index is -1.18. The molecule has 0 fully saturated rings. The third kappa shape index (κ3) is 4.99. The van der Waals surface area contributed by atoms with Crippen LogP contribution in [0.5, 0.6) is 0 Å². The van der Waals surface area contributed by atoms with Crippen molar-refractivity contribution in [3.63, 3.8) is 0 Å². The molecule has 6 heteroatoms. The van der Waals surface area contributed by atoms with Crippen LogP contribution in [0.3, 0.4) is 0 Å². The highest BCUT2D eigenvalue weighted by Crippen LogP contribution is 2.10. The number of esters is 1. The van der Waals surface area contributed by atoms with Crippen LogP contribution in [0.4, 0.5) is 0 Å². The molecule has 0 aliphatic heterocycles. The molecule has 0 saturated carbocycles. The molecule has 0 amide bonds. The summed E-state index contributed by atoms with van der Waals surface area (Å²) in [5.41, 5.74) is -0.0993. The lowest BCUT2D eigenvalue weighted by Gasteiger charge is -2.15. The quantitative estimate of drug-likeness (QED) is 0.733. The Morgan fingerprint density at radius 3 is 2.30 bits per heavy atom. The van der Waals surface area contributed by atoms with Gasteiger partial charge in [-0.3, -0.25) is 0 Å². The molecule has 1 aromatic carbocycles. The molecule has 1 aromatic rings. The molecule has 110 valence electrons. The molecule has 0 spiro atoms. The summed E-state index contributed by atoms with van der Waals surface area (Å²) in [4.78, 5) is 22.8. The predicted octanol–water partition coefficient (Wildman–Crippen LogP) is 1.33. The van der Waals surface area contributed by atoms with Crippen molar-refractivity contribution in [3.05, 3.63) is 35.4 Å². The molecule has 0 aliphatic rings. The van der Waals surface area contributed by atoms with E-state index >= 15 is 0 Å². The minimum Gasteiger partial charge on any atom is -0.478 e. The second-order valence-electron chi connectivity index (χ2n) is 4.44. The van der Waals surface area contributed by atoms with E-state index in [1.807, 2.05) is 0 Å². The molecule has 1 rings (SSSR count). The Balaban J connectivity index is 2.57. The van der Waals surface area contributed by atoms with Crippen molar-refractivity contribution in [2.24, 2.45) is 0 Å². The molecular weight excluding hydrogens is 264 g/mol. The summed E-state index contributed by atoms with van der Waals surface area (Å²) in [5.74, 6) is -1.90. The van der Waals surface area contributed by atoms with Crippen molar-refractivity contribution < 1.29 is 29.3 Å². The van der Waals surface area contributed by atoms with Gasteiger partial charge in [0.25, 0.3) is 0 Å². The van der Waals surface area contributed by atoms with Crippen LogP contribution in [0.15, 0.2) is 24.3 Å². The number of rotatable bonds is 7. The van der Waals surface area contributed by atoms with Gasteiger partial charge in [-0.15, -0.1) is 0 Å². The number of carbonyl (C=O) groups excluding carboxylic acids is 1. The Labute approximate surface area is 116 Å². The first-order valence-electron chi connectivity index (χ1n) is 6.21. The van der Waals surface area contributed by atoms with Crippen LogP contribution >= 0.6 is 0 Å². The van der Waals surface area contributed by atoms with Crippen molar-refractivity contribution in [3.8, 4) is 0 Å². The van der Waals surface area contributed by atoms with Crippen molar-refractivity contribution in [1.29, 1.82) is 0 Å². The second-order valence-corrected chi connectivity index (χ2v) is 4.44. The van der Waals surface area contributed by atoms with Gasteiger partial charge in [0.15, 0.2) is 0 Å². The molecule has 2 unspecified atom stereocenters. The van der Waals surface area contributed by atoms with E-state index in [1.54, 1.807) is 19.9 Å². The van der Waals surface area contributed by atoms with E-state index < -0.39 is 18.0 Å². The van der Waals surface area contributed by atoms with E-state index in [-0.39, 0.29) is 30.4 Å². The van der Waals surface area contributed by atoms with Crippen LogP contribution < -0.4 is 0 Å². The zero-order valence-corrected chi connectivity index (χ0v) is 11.4. The smallest absolute Gasteiger partial charge is 0.339 e. The highest BCUT2D eigenvalue weighted by Gasteiger charge is 2.18. The van der Waals surface area contributed by atoms with E-state index in [4.69, 9.17) is 19.7 Å². The van der Waals surface area contributed by atoms with E-state index in [0.717, 1.165) is 0 Å². The van der Waals surface area contributed by atoms with Gasteiger partial charge in [0.1, 0.15) is 6.61 Å². The molecule has 0 aromatic heterocycles. The van der Waals surface area contributed by atoms with Gasteiger partial charge in [0.05, 0.1) is 29.9 Å². The van der Waals surface area contributed by atoms with Gasteiger partial charge < -0.3 is 19.7 Å². The summed E-state index contributed by atoms with van der Waals surface area (Å²) in [5, 5.41) is 18.0. The summed E-state index contributed by atoms with van der Waals surface area (Å²) in [7, 11) is 0. The van der Waals surface area contributed by atoms with Crippen molar-refractivity contribution in [2.45, 2.75) is 26.1 Å². The Morgan fingerprint density at radius 1 is 1.15 bits per heavy atom. The average molecular weight is 282 g/mol. The fourth-order valence-electron chi connectivity index (χ4n) is 1.47. The average Bonchev–Trinajstić information content (AvgIpc) is 2.42. The number of benzene rings is 1. The Hall–Kier alpha value is -1.92. The van der Waals surface area contributed by atoms with Gasteiger partial charge in [0.2, 0.25) is 0 Å². The Bertz CT molecular complexity index is 468. The van der Waals surface area contributed by atoms with Crippen LogP contribution in [0.1, 0.15) is 34.6 Å². The zero-order chi connectivity index (χ0) is 15.1. The van der Waals surface area contributed by atoms with Gasteiger partial charge in [-0.05, 0) is 26.0 Å². The lowest BCUT2D eigenvalue weighted by Crippen LogP contribution is -2.23. The summed E-state index contributed by atoms with van der Waals surface area (Å²) < 4.78 is 10.2. The molecule has 6 nitrogen and oxygen atoms in total. The summed E-state index contributed by atoms with van der Waals surface area (Å²) >= 11 is 0. The van der Waals surface area contributed by atoms with Crippen molar-refractivity contribution in [2.75, 3.05) is 13.2 Å². The van der Waals surface area contributed by atoms with Gasteiger partial charge in [-0.1, -0.05) is 12.1 Å². The molecule has 0 heterocycles. The predicted molar refractivity (Wildman–Crippen MR) is 70.8 cm³/mol. The van der Waals surface area contributed by atoms with E-state index in [2.05, 4.69) is 0 Å². The SMILES string of the molecule is CC(O)COC(C)COC(=O)c1ccccc1C(=O)O. The summed E-state index contributed by atoms with van der Waals surface area (Å²) in [6.07, 6.45) is -0.980. The third-order valence-electron chi connectivity index (χ3n) is 2.45. The second kappa shape index (κ2) is 7.62. The maximum absolute atomic E-state index is 11.8. The first-order valence-corrected chi connectivity index (χ1v) is 6.21. The van der Waals surface area contributed by atoms with E-state index in [0.29, 0.717) is 0 Å². The summed E-state index contributed by atoms with van der Waals surface area (Å²) in [6, 6.07) is 5.84. The molecule has 0 aliphatic carbocycles.